The van der Waals surface area contributed by atoms with Crippen molar-refractivity contribution in [1.82, 2.24) is 4.90 Å². The van der Waals surface area contributed by atoms with Gasteiger partial charge in [0.05, 0.1) is 11.1 Å². The highest BCUT2D eigenvalue weighted by molar-refractivity contribution is 6.22. The zero-order valence-corrected chi connectivity index (χ0v) is 15.1. The van der Waals surface area contributed by atoms with Gasteiger partial charge in [0.2, 0.25) is 0 Å². The van der Waals surface area contributed by atoms with Crippen molar-refractivity contribution in [2.24, 2.45) is 0 Å². The normalized spacial score (nSPS) is 13.1. The molecular weight excluding hydrogens is 370 g/mol. The molecule has 1 aliphatic rings. The number of amides is 3. The largest absolute Gasteiger partial charge is 0.435 e. The molecule has 0 atom stereocenters. The maximum absolute atomic E-state index is 12.5. The van der Waals surface area contributed by atoms with Crippen molar-refractivity contribution in [3.63, 3.8) is 0 Å². The lowest BCUT2D eigenvalue weighted by atomic mass is 10.1. The zero-order chi connectivity index (χ0) is 20.3. The topological polar surface area (TPSA) is 75.7 Å². The van der Waals surface area contributed by atoms with Crippen LogP contribution in [0.25, 0.3) is 0 Å². The van der Waals surface area contributed by atoms with Crippen molar-refractivity contribution in [3.8, 4) is 5.75 Å². The molecule has 1 aliphatic heterocycles. The summed E-state index contributed by atoms with van der Waals surface area (Å²) in [6.45, 7) is -0.617. The number of halogens is 2. The maximum Gasteiger partial charge on any atom is 0.387 e. The van der Waals surface area contributed by atoms with Gasteiger partial charge in [0.15, 0.2) is 0 Å². The van der Waals surface area contributed by atoms with Crippen LogP contribution in [0.15, 0.2) is 42.5 Å². The maximum atomic E-state index is 12.5. The Labute approximate surface area is 160 Å². The number of hydrogen-bond donors (Lipinski definition) is 1. The number of imide groups is 1. The third-order valence-corrected chi connectivity index (χ3v) is 4.31. The van der Waals surface area contributed by atoms with Gasteiger partial charge in [0.25, 0.3) is 17.7 Å². The van der Waals surface area contributed by atoms with E-state index in [1.807, 2.05) is 6.92 Å². The quantitative estimate of drug-likeness (QED) is 0.729. The molecule has 2 aromatic carbocycles. The number of carbonyl (C=O) groups excluding carboxylic acids is 3. The fourth-order valence-corrected chi connectivity index (χ4v) is 2.87. The second kappa shape index (κ2) is 8.16. The van der Waals surface area contributed by atoms with Gasteiger partial charge in [-0.05, 0) is 48.9 Å². The molecule has 0 bridgehead atoms. The fraction of sp³-hybridized carbons (Fsp3) is 0.250. The highest BCUT2D eigenvalue weighted by atomic mass is 19.3. The minimum Gasteiger partial charge on any atom is -0.435 e. The highest BCUT2D eigenvalue weighted by Crippen LogP contribution is 2.25. The van der Waals surface area contributed by atoms with E-state index in [2.05, 4.69) is 10.1 Å². The van der Waals surface area contributed by atoms with Crippen LogP contribution in [0.1, 0.15) is 50.8 Å². The van der Waals surface area contributed by atoms with Gasteiger partial charge in [-0.2, -0.15) is 8.78 Å². The summed E-state index contributed by atoms with van der Waals surface area (Å²) < 4.78 is 28.6. The number of alkyl halides is 2. The van der Waals surface area contributed by atoms with E-state index in [-0.39, 0.29) is 28.3 Å². The van der Waals surface area contributed by atoms with Crippen LogP contribution in [0.4, 0.5) is 14.5 Å². The van der Waals surface area contributed by atoms with Crippen molar-refractivity contribution >= 4 is 23.4 Å². The van der Waals surface area contributed by atoms with Crippen molar-refractivity contribution in [3.05, 3.63) is 59.2 Å². The second-order valence-corrected chi connectivity index (χ2v) is 6.23. The second-order valence-electron chi connectivity index (χ2n) is 6.23. The van der Waals surface area contributed by atoms with Crippen LogP contribution in [-0.4, -0.2) is 35.8 Å². The molecule has 0 saturated carbocycles. The number of nitrogens with zero attached hydrogens (tertiary/aromatic N) is 1. The van der Waals surface area contributed by atoms with Crippen molar-refractivity contribution < 1.29 is 27.9 Å². The van der Waals surface area contributed by atoms with E-state index < -0.39 is 18.4 Å². The number of unbranched alkanes of at least 4 members (excludes halogenated alkanes) is 1. The first-order valence-electron chi connectivity index (χ1n) is 8.77. The predicted molar refractivity (Wildman–Crippen MR) is 97.7 cm³/mol. The monoisotopic (exact) mass is 388 g/mol. The number of anilines is 1. The predicted octanol–water partition coefficient (Wildman–Crippen LogP) is 3.94. The van der Waals surface area contributed by atoms with Crippen LogP contribution >= 0.6 is 0 Å². The number of nitrogens with one attached hydrogen (secondary N) is 1. The molecule has 0 fully saturated rings. The van der Waals surface area contributed by atoms with Crippen LogP contribution < -0.4 is 10.1 Å². The van der Waals surface area contributed by atoms with Gasteiger partial charge in [0, 0.05) is 17.8 Å². The molecule has 0 radical (unpaired) electrons. The van der Waals surface area contributed by atoms with E-state index in [4.69, 9.17) is 0 Å². The van der Waals surface area contributed by atoms with E-state index >= 15 is 0 Å². The molecule has 8 heteroatoms. The van der Waals surface area contributed by atoms with E-state index in [1.54, 1.807) is 0 Å². The van der Waals surface area contributed by atoms with Gasteiger partial charge >= 0.3 is 6.61 Å². The van der Waals surface area contributed by atoms with E-state index in [1.165, 1.54) is 47.4 Å². The number of ether oxygens (including phenoxy) is 1. The van der Waals surface area contributed by atoms with E-state index in [0.717, 1.165) is 6.42 Å². The standard InChI is InChI=1S/C20H18F2N2O4/c1-2-3-10-24-18(26)15-9-4-12(11-16(15)19(24)27)17(25)23-13-5-7-14(8-6-13)28-20(21)22/h4-9,11,20H,2-3,10H2,1H3,(H,23,25). The van der Waals surface area contributed by atoms with Gasteiger partial charge in [-0.15, -0.1) is 0 Å². The Bertz CT molecular complexity index is 913. The number of benzene rings is 2. The van der Waals surface area contributed by atoms with Crippen LogP contribution in [0.2, 0.25) is 0 Å². The Morgan fingerprint density at radius 2 is 1.75 bits per heavy atom. The highest BCUT2D eigenvalue weighted by Gasteiger charge is 2.35. The number of rotatable bonds is 7. The van der Waals surface area contributed by atoms with Crippen LogP contribution in [0.3, 0.4) is 0 Å². The molecule has 0 unspecified atom stereocenters. The molecule has 0 aromatic heterocycles. The van der Waals surface area contributed by atoms with Crippen molar-refractivity contribution in [2.45, 2.75) is 26.4 Å². The summed E-state index contributed by atoms with van der Waals surface area (Å²) in [5, 5.41) is 2.61. The van der Waals surface area contributed by atoms with Gasteiger partial charge in [-0.1, -0.05) is 13.3 Å². The van der Waals surface area contributed by atoms with Crippen LogP contribution in [0, 0.1) is 0 Å². The Hall–Kier alpha value is -3.29. The number of carbonyl (C=O) groups is 3. The lowest BCUT2D eigenvalue weighted by Gasteiger charge is -2.12. The molecule has 28 heavy (non-hydrogen) atoms. The minimum absolute atomic E-state index is 0.0261. The Balaban J connectivity index is 1.73. The number of hydrogen-bond acceptors (Lipinski definition) is 4. The number of fused-ring (bicyclic) bond motifs is 1. The molecule has 3 amide bonds. The van der Waals surface area contributed by atoms with Gasteiger partial charge < -0.3 is 10.1 Å². The van der Waals surface area contributed by atoms with E-state index in [0.29, 0.717) is 18.7 Å². The molecule has 1 N–H and O–H groups in total. The van der Waals surface area contributed by atoms with Gasteiger partial charge in [-0.25, -0.2) is 0 Å². The molecule has 1 heterocycles. The SMILES string of the molecule is CCCCN1C(=O)c2ccc(C(=O)Nc3ccc(OC(F)F)cc3)cc2C1=O. The average molecular weight is 388 g/mol. The summed E-state index contributed by atoms with van der Waals surface area (Å²) >= 11 is 0. The molecular formula is C20H18F2N2O4. The third-order valence-electron chi connectivity index (χ3n) is 4.31. The lowest BCUT2D eigenvalue weighted by Crippen LogP contribution is -2.30. The summed E-state index contributed by atoms with van der Waals surface area (Å²) in [6.07, 6.45) is 1.56. The molecule has 0 saturated heterocycles. The Morgan fingerprint density at radius 3 is 2.39 bits per heavy atom. The Morgan fingerprint density at radius 1 is 1.07 bits per heavy atom. The summed E-state index contributed by atoms with van der Waals surface area (Å²) in [4.78, 5) is 38.4. The third kappa shape index (κ3) is 4.00. The van der Waals surface area contributed by atoms with Gasteiger partial charge in [-0.3, -0.25) is 19.3 Å². The summed E-state index contributed by atoms with van der Waals surface area (Å²) in [7, 11) is 0. The first-order chi connectivity index (χ1) is 13.4. The molecule has 0 aliphatic carbocycles. The van der Waals surface area contributed by atoms with Crippen molar-refractivity contribution in [1.29, 1.82) is 0 Å². The molecule has 146 valence electrons. The fourth-order valence-electron chi connectivity index (χ4n) is 2.87. The molecule has 3 rings (SSSR count). The lowest BCUT2D eigenvalue weighted by molar-refractivity contribution is -0.0498. The van der Waals surface area contributed by atoms with Gasteiger partial charge in [0.1, 0.15) is 5.75 Å². The van der Waals surface area contributed by atoms with Crippen LogP contribution in [0.5, 0.6) is 5.75 Å². The van der Waals surface area contributed by atoms with Crippen molar-refractivity contribution in [2.75, 3.05) is 11.9 Å². The molecule has 0 spiro atoms. The zero-order valence-electron chi connectivity index (χ0n) is 15.1. The minimum atomic E-state index is -2.93. The first kappa shape index (κ1) is 19.5. The smallest absolute Gasteiger partial charge is 0.387 e. The first-order valence-corrected chi connectivity index (χ1v) is 8.77. The average Bonchev–Trinajstić information content (AvgIpc) is 2.91. The molecule has 2 aromatic rings. The molecule has 6 nitrogen and oxygen atoms in total. The Kier molecular flexibility index (Phi) is 5.67. The van der Waals surface area contributed by atoms with Crippen LogP contribution in [-0.2, 0) is 0 Å². The summed E-state index contributed by atoms with van der Waals surface area (Å²) in [5.74, 6) is -1.27. The summed E-state index contributed by atoms with van der Waals surface area (Å²) in [5.41, 5.74) is 1.07. The van der Waals surface area contributed by atoms with E-state index in [9.17, 15) is 23.2 Å². The summed E-state index contributed by atoms with van der Waals surface area (Å²) in [6, 6.07) is 9.78.